The van der Waals surface area contributed by atoms with Gasteiger partial charge < -0.3 is 14.4 Å². The van der Waals surface area contributed by atoms with Crippen molar-refractivity contribution in [1.82, 2.24) is 4.90 Å². The van der Waals surface area contributed by atoms with Crippen LogP contribution in [0.2, 0.25) is 0 Å². The third-order valence-electron chi connectivity index (χ3n) is 4.34. The van der Waals surface area contributed by atoms with Gasteiger partial charge in [-0.3, -0.25) is 4.79 Å². The summed E-state index contributed by atoms with van der Waals surface area (Å²) in [5, 5.41) is 2.24. The molecule has 3 rings (SSSR count). The lowest BCUT2D eigenvalue weighted by atomic mass is 10.1. The number of carbonyl (C=O) groups is 1. The lowest BCUT2D eigenvalue weighted by Gasteiger charge is -2.22. The summed E-state index contributed by atoms with van der Waals surface area (Å²) in [4.78, 5) is 14.3. The Bertz CT molecular complexity index is 889. The van der Waals surface area contributed by atoms with Gasteiger partial charge in [-0.25, -0.2) is 0 Å². The highest BCUT2D eigenvalue weighted by Gasteiger charge is 2.19. The third kappa shape index (κ3) is 4.14. The molecule has 3 aromatic carbocycles. The van der Waals surface area contributed by atoms with Gasteiger partial charge in [-0.15, -0.1) is 0 Å². The zero-order chi connectivity index (χ0) is 18.5. The number of amides is 1. The van der Waals surface area contributed by atoms with E-state index >= 15 is 0 Å². The van der Waals surface area contributed by atoms with E-state index in [1.807, 2.05) is 60.7 Å². The first kappa shape index (κ1) is 17.8. The van der Waals surface area contributed by atoms with Crippen LogP contribution in [0.4, 0.5) is 0 Å². The first-order chi connectivity index (χ1) is 12.6. The second-order valence-corrected chi connectivity index (χ2v) is 6.31. The zero-order valence-electron chi connectivity index (χ0n) is 15.3. The monoisotopic (exact) mass is 349 g/mol. The highest BCUT2D eigenvalue weighted by atomic mass is 16.5. The van der Waals surface area contributed by atoms with E-state index in [-0.39, 0.29) is 5.91 Å². The minimum Gasteiger partial charge on any atom is -0.497 e. The highest BCUT2D eigenvalue weighted by molar-refractivity contribution is 5.84. The van der Waals surface area contributed by atoms with Crippen LogP contribution in [0.5, 0.6) is 11.5 Å². The summed E-state index contributed by atoms with van der Waals surface area (Å²) in [6.45, 7) is 2.30. The molecule has 0 fully saturated rings. The number of methoxy groups -OCH3 is 1. The van der Waals surface area contributed by atoms with Crippen molar-refractivity contribution in [2.24, 2.45) is 0 Å². The maximum absolute atomic E-state index is 12.6. The van der Waals surface area contributed by atoms with Gasteiger partial charge in [0.15, 0.2) is 6.10 Å². The predicted octanol–water partition coefficient (Wildman–Crippen LogP) is 4.27. The van der Waals surface area contributed by atoms with Gasteiger partial charge >= 0.3 is 0 Å². The molecule has 26 heavy (non-hydrogen) atoms. The molecule has 3 aromatic rings. The molecule has 0 saturated carbocycles. The number of rotatable bonds is 6. The fraction of sp³-hybridized carbons (Fsp3) is 0.227. The standard InChI is InChI=1S/C22H23NO3/c1-16(26-21-13-10-18-6-4-5-7-19(18)14-21)22(24)23(2)15-17-8-11-20(25-3)12-9-17/h4-14,16H,15H2,1-3H3/t16-/m1/s1. The molecule has 4 nitrogen and oxygen atoms in total. The van der Waals surface area contributed by atoms with E-state index in [2.05, 4.69) is 6.07 Å². The van der Waals surface area contributed by atoms with E-state index in [9.17, 15) is 4.79 Å². The normalized spacial score (nSPS) is 11.8. The van der Waals surface area contributed by atoms with Crippen molar-refractivity contribution in [1.29, 1.82) is 0 Å². The summed E-state index contributed by atoms with van der Waals surface area (Å²) in [7, 11) is 3.42. The Morgan fingerprint density at radius 3 is 2.31 bits per heavy atom. The van der Waals surface area contributed by atoms with E-state index in [4.69, 9.17) is 9.47 Å². The number of ether oxygens (including phenoxy) is 2. The molecule has 0 bridgehead atoms. The number of carbonyl (C=O) groups excluding carboxylic acids is 1. The Hall–Kier alpha value is -3.01. The summed E-state index contributed by atoms with van der Waals surface area (Å²) in [6, 6.07) is 21.6. The van der Waals surface area contributed by atoms with Crippen molar-refractivity contribution < 1.29 is 14.3 Å². The first-order valence-electron chi connectivity index (χ1n) is 8.60. The summed E-state index contributed by atoms with van der Waals surface area (Å²) in [5.41, 5.74) is 1.04. The average Bonchev–Trinajstić information content (AvgIpc) is 2.67. The molecular formula is C22H23NO3. The van der Waals surface area contributed by atoms with Crippen LogP contribution >= 0.6 is 0 Å². The Morgan fingerprint density at radius 2 is 1.62 bits per heavy atom. The molecular weight excluding hydrogens is 326 g/mol. The van der Waals surface area contributed by atoms with Gasteiger partial charge in [-0.2, -0.15) is 0 Å². The molecule has 0 heterocycles. The van der Waals surface area contributed by atoms with Crippen LogP contribution in [0.3, 0.4) is 0 Å². The molecule has 1 atom stereocenters. The van der Waals surface area contributed by atoms with Gasteiger partial charge in [-0.05, 0) is 47.5 Å². The Balaban J connectivity index is 1.63. The molecule has 0 N–H and O–H groups in total. The lowest BCUT2D eigenvalue weighted by molar-refractivity contribution is -0.137. The molecule has 1 amide bonds. The highest BCUT2D eigenvalue weighted by Crippen LogP contribution is 2.22. The van der Waals surface area contributed by atoms with Crippen LogP contribution in [-0.4, -0.2) is 31.1 Å². The second kappa shape index (κ2) is 7.91. The lowest BCUT2D eigenvalue weighted by Crippen LogP contribution is -2.37. The van der Waals surface area contributed by atoms with Crippen LogP contribution in [0, 0.1) is 0 Å². The number of likely N-dealkylation sites (N-methyl/N-ethyl adjacent to an activating group) is 1. The summed E-state index contributed by atoms with van der Waals surface area (Å²) < 4.78 is 11.0. The molecule has 0 radical (unpaired) electrons. The van der Waals surface area contributed by atoms with Crippen molar-refractivity contribution in [2.75, 3.05) is 14.2 Å². The summed E-state index contributed by atoms with van der Waals surface area (Å²) in [6.07, 6.45) is -0.556. The van der Waals surface area contributed by atoms with Crippen molar-refractivity contribution >= 4 is 16.7 Å². The van der Waals surface area contributed by atoms with Gasteiger partial charge in [0.1, 0.15) is 11.5 Å². The minimum atomic E-state index is -0.556. The Morgan fingerprint density at radius 1 is 0.962 bits per heavy atom. The van der Waals surface area contributed by atoms with Crippen molar-refractivity contribution in [3.8, 4) is 11.5 Å². The van der Waals surface area contributed by atoms with Crippen LogP contribution < -0.4 is 9.47 Å². The van der Waals surface area contributed by atoms with Crippen molar-refractivity contribution in [3.63, 3.8) is 0 Å². The van der Waals surface area contributed by atoms with Crippen LogP contribution in [0.15, 0.2) is 66.7 Å². The van der Waals surface area contributed by atoms with Crippen molar-refractivity contribution in [2.45, 2.75) is 19.6 Å². The predicted molar refractivity (Wildman–Crippen MR) is 104 cm³/mol. The number of hydrogen-bond acceptors (Lipinski definition) is 3. The van der Waals surface area contributed by atoms with Gasteiger partial charge in [0.05, 0.1) is 7.11 Å². The molecule has 0 unspecified atom stereocenters. The molecule has 0 aromatic heterocycles. The fourth-order valence-electron chi connectivity index (χ4n) is 2.89. The molecule has 0 saturated heterocycles. The largest absolute Gasteiger partial charge is 0.497 e. The number of nitrogens with zero attached hydrogens (tertiary/aromatic N) is 1. The smallest absolute Gasteiger partial charge is 0.263 e. The van der Waals surface area contributed by atoms with Gasteiger partial charge in [0.2, 0.25) is 0 Å². The fourth-order valence-corrected chi connectivity index (χ4v) is 2.89. The number of benzene rings is 3. The van der Waals surface area contributed by atoms with Gasteiger partial charge in [0.25, 0.3) is 5.91 Å². The molecule has 0 aliphatic carbocycles. The van der Waals surface area contributed by atoms with E-state index in [1.165, 1.54) is 0 Å². The van der Waals surface area contributed by atoms with Gasteiger partial charge in [0, 0.05) is 13.6 Å². The van der Waals surface area contributed by atoms with Crippen LogP contribution in [0.25, 0.3) is 10.8 Å². The van der Waals surface area contributed by atoms with Crippen molar-refractivity contribution in [3.05, 3.63) is 72.3 Å². The zero-order valence-corrected chi connectivity index (χ0v) is 15.3. The molecule has 0 aliphatic heterocycles. The molecule has 134 valence electrons. The van der Waals surface area contributed by atoms with E-state index in [0.717, 1.165) is 22.1 Å². The van der Waals surface area contributed by atoms with Crippen LogP contribution in [-0.2, 0) is 11.3 Å². The maximum atomic E-state index is 12.6. The molecule has 0 aliphatic rings. The quantitative estimate of drug-likeness (QED) is 0.667. The first-order valence-corrected chi connectivity index (χ1v) is 8.60. The minimum absolute atomic E-state index is 0.0611. The number of fused-ring (bicyclic) bond motifs is 1. The summed E-state index contributed by atoms with van der Waals surface area (Å²) >= 11 is 0. The molecule has 0 spiro atoms. The van der Waals surface area contributed by atoms with E-state index in [0.29, 0.717) is 12.3 Å². The average molecular weight is 349 g/mol. The van der Waals surface area contributed by atoms with E-state index in [1.54, 1.807) is 26.0 Å². The Labute approximate surface area is 154 Å². The van der Waals surface area contributed by atoms with E-state index < -0.39 is 6.10 Å². The number of hydrogen-bond donors (Lipinski definition) is 0. The van der Waals surface area contributed by atoms with Gasteiger partial charge in [-0.1, -0.05) is 42.5 Å². The Kier molecular flexibility index (Phi) is 5.42. The SMILES string of the molecule is COc1ccc(CN(C)C(=O)[C@@H](C)Oc2ccc3ccccc3c2)cc1. The maximum Gasteiger partial charge on any atom is 0.263 e. The topological polar surface area (TPSA) is 38.8 Å². The van der Waals surface area contributed by atoms with Crippen LogP contribution in [0.1, 0.15) is 12.5 Å². The third-order valence-corrected chi connectivity index (χ3v) is 4.34. The molecule has 4 heteroatoms. The summed E-state index contributed by atoms with van der Waals surface area (Å²) in [5.74, 6) is 1.44. The second-order valence-electron chi connectivity index (χ2n) is 6.31.